The first-order chi connectivity index (χ1) is 5.27. The number of nitrogens with two attached hydrogens (primary N) is 1. The predicted molar refractivity (Wildman–Crippen MR) is 44.0 cm³/mol. The summed E-state index contributed by atoms with van der Waals surface area (Å²) in [5.74, 6) is 0.326. The normalized spacial score (nSPS) is 21.1. The second kappa shape index (κ2) is 2.63. The lowest BCUT2D eigenvalue weighted by Crippen LogP contribution is -1.85. The van der Waals surface area contributed by atoms with Gasteiger partial charge >= 0.3 is 0 Å². The summed E-state index contributed by atoms with van der Waals surface area (Å²) < 4.78 is 18.1. The molecule has 0 aliphatic carbocycles. The van der Waals surface area contributed by atoms with Gasteiger partial charge in [0.15, 0.2) is 0 Å². The average Bonchev–Trinajstić information content (AvgIpc) is 2.31. The zero-order chi connectivity index (χ0) is 7.84. The summed E-state index contributed by atoms with van der Waals surface area (Å²) in [6.45, 7) is 0. The Morgan fingerprint density at radius 1 is 1.55 bits per heavy atom. The van der Waals surface area contributed by atoms with Crippen LogP contribution in [0, 0.1) is 5.82 Å². The van der Waals surface area contributed by atoms with E-state index in [1.54, 1.807) is 12.1 Å². The highest BCUT2D eigenvalue weighted by molar-refractivity contribution is 8.54. The molecule has 1 unspecified atom stereocenters. The molecule has 1 heterocycles. The van der Waals surface area contributed by atoms with Crippen molar-refractivity contribution in [3.63, 3.8) is 0 Å². The molecule has 1 atom stereocenters. The molecular formula is C6H5FNOPS. The van der Waals surface area contributed by atoms with Crippen molar-refractivity contribution in [1.82, 2.24) is 0 Å². The molecule has 0 amide bonds. The molecule has 1 aromatic carbocycles. The quantitative estimate of drug-likeness (QED) is 0.637. The van der Waals surface area contributed by atoms with Crippen molar-refractivity contribution >= 4 is 18.9 Å². The molecule has 2 rings (SSSR count). The minimum absolute atomic E-state index is 0.247. The first kappa shape index (κ1) is 7.35. The monoisotopic (exact) mass is 189 g/mol. The molecule has 11 heavy (non-hydrogen) atoms. The maximum absolute atomic E-state index is 12.9. The van der Waals surface area contributed by atoms with Crippen molar-refractivity contribution in [2.45, 2.75) is 4.90 Å². The highest BCUT2D eigenvalue weighted by Crippen LogP contribution is 2.59. The lowest BCUT2D eigenvalue weighted by Gasteiger charge is -1.97. The molecule has 0 saturated heterocycles. The van der Waals surface area contributed by atoms with Gasteiger partial charge in [0.1, 0.15) is 11.6 Å². The van der Waals surface area contributed by atoms with Crippen LogP contribution in [0.4, 0.5) is 4.39 Å². The second-order valence-corrected chi connectivity index (χ2v) is 5.01. The number of hydrogen-bond acceptors (Lipinski definition) is 3. The summed E-state index contributed by atoms with van der Waals surface area (Å²) in [6.07, 6.45) is 0. The van der Waals surface area contributed by atoms with E-state index < -0.39 is 7.50 Å². The van der Waals surface area contributed by atoms with Crippen molar-refractivity contribution < 1.29 is 8.91 Å². The Bertz CT molecular complexity index is 296. The molecule has 0 fully saturated rings. The fraction of sp³-hybridized carbons (Fsp3) is 0. The predicted octanol–water partition coefficient (Wildman–Crippen LogP) is 2.50. The zero-order valence-corrected chi connectivity index (χ0v) is 7.16. The van der Waals surface area contributed by atoms with E-state index in [1.807, 2.05) is 0 Å². The molecule has 2 N–H and O–H groups in total. The van der Waals surface area contributed by atoms with Gasteiger partial charge in [-0.05, 0) is 23.5 Å². The van der Waals surface area contributed by atoms with Crippen LogP contribution in [0.2, 0.25) is 0 Å². The third-order valence-corrected chi connectivity index (χ3v) is 3.75. The van der Waals surface area contributed by atoms with Crippen molar-refractivity contribution in [1.29, 1.82) is 0 Å². The van der Waals surface area contributed by atoms with Crippen LogP contribution in [-0.2, 0) is 0 Å². The van der Waals surface area contributed by atoms with Gasteiger partial charge in [-0.2, -0.15) is 0 Å². The minimum atomic E-state index is -1.03. The van der Waals surface area contributed by atoms with Gasteiger partial charge in [-0.15, -0.1) is 0 Å². The van der Waals surface area contributed by atoms with Crippen LogP contribution in [0.25, 0.3) is 0 Å². The Labute approximate surface area is 68.6 Å². The van der Waals surface area contributed by atoms with Crippen LogP contribution in [0.1, 0.15) is 0 Å². The van der Waals surface area contributed by atoms with E-state index in [0.717, 1.165) is 0 Å². The third kappa shape index (κ3) is 1.22. The fourth-order valence-electron chi connectivity index (χ4n) is 0.855. The van der Waals surface area contributed by atoms with E-state index in [2.05, 4.69) is 0 Å². The maximum Gasteiger partial charge on any atom is 0.227 e. The zero-order valence-electron chi connectivity index (χ0n) is 5.45. The van der Waals surface area contributed by atoms with E-state index in [4.69, 9.17) is 10.0 Å². The van der Waals surface area contributed by atoms with Crippen LogP contribution < -0.4 is 10.0 Å². The van der Waals surface area contributed by atoms with Gasteiger partial charge in [0.2, 0.25) is 7.50 Å². The molecule has 0 aromatic heterocycles. The summed E-state index contributed by atoms with van der Waals surface area (Å²) in [7, 11) is -1.03. The molecular weight excluding hydrogens is 184 g/mol. The highest BCUT2D eigenvalue weighted by atomic mass is 32.7. The van der Waals surface area contributed by atoms with Crippen LogP contribution in [0.15, 0.2) is 23.1 Å². The largest absolute Gasteiger partial charge is 0.447 e. The topological polar surface area (TPSA) is 35.2 Å². The molecule has 1 aliphatic rings. The third-order valence-electron chi connectivity index (χ3n) is 1.30. The van der Waals surface area contributed by atoms with Gasteiger partial charge in [-0.3, -0.25) is 5.50 Å². The highest BCUT2D eigenvalue weighted by Gasteiger charge is 2.24. The number of hydrogen-bond donors (Lipinski definition) is 1. The smallest absolute Gasteiger partial charge is 0.227 e. The molecule has 0 spiro atoms. The minimum Gasteiger partial charge on any atom is -0.447 e. The van der Waals surface area contributed by atoms with Gasteiger partial charge in [-0.25, -0.2) is 4.39 Å². The lowest BCUT2D eigenvalue weighted by atomic mass is 10.3. The Balaban J connectivity index is 2.49. The van der Waals surface area contributed by atoms with Crippen LogP contribution in [-0.4, -0.2) is 0 Å². The van der Waals surface area contributed by atoms with Crippen LogP contribution in [0.5, 0.6) is 5.75 Å². The number of rotatable bonds is 0. The average molecular weight is 189 g/mol. The Kier molecular flexibility index (Phi) is 1.75. The van der Waals surface area contributed by atoms with Crippen molar-refractivity contribution in [2.75, 3.05) is 0 Å². The Morgan fingerprint density at radius 2 is 2.36 bits per heavy atom. The van der Waals surface area contributed by atoms with E-state index >= 15 is 0 Å². The summed E-state index contributed by atoms with van der Waals surface area (Å²) in [5.41, 5.74) is 5.49. The van der Waals surface area contributed by atoms with Gasteiger partial charge < -0.3 is 4.52 Å². The molecule has 0 bridgehead atoms. The summed E-state index contributed by atoms with van der Waals surface area (Å²) >= 11 is 1.26. The standard InChI is InChI=1S/C6H5FNOPS/c7-4-2-1-3-5-6(4)11-10(8)9-5/h1-3H,8H2. The molecule has 1 aliphatic heterocycles. The maximum atomic E-state index is 12.9. The number of benzene rings is 1. The van der Waals surface area contributed by atoms with E-state index in [9.17, 15) is 4.39 Å². The van der Waals surface area contributed by atoms with Crippen molar-refractivity contribution in [3.8, 4) is 5.75 Å². The van der Waals surface area contributed by atoms with Gasteiger partial charge in [-0.1, -0.05) is 6.07 Å². The van der Waals surface area contributed by atoms with E-state index in [0.29, 0.717) is 10.6 Å². The SMILES string of the molecule is NP1Oc2cccc(F)c2S1. The molecule has 5 heteroatoms. The van der Waals surface area contributed by atoms with Crippen LogP contribution >= 0.6 is 18.9 Å². The molecule has 58 valence electrons. The summed E-state index contributed by atoms with van der Waals surface area (Å²) in [6, 6.07) is 4.74. The lowest BCUT2D eigenvalue weighted by molar-refractivity contribution is 0.565. The Morgan fingerprint density at radius 3 is 3.09 bits per heavy atom. The van der Waals surface area contributed by atoms with Crippen molar-refractivity contribution in [2.24, 2.45) is 5.50 Å². The number of fused-ring (bicyclic) bond motifs is 1. The van der Waals surface area contributed by atoms with Gasteiger partial charge in [0, 0.05) is 0 Å². The molecule has 0 saturated carbocycles. The van der Waals surface area contributed by atoms with Crippen LogP contribution in [0.3, 0.4) is 0 Å². The molecule has 0 radical (unpaired) electrons. The Hall–Kier alpha value is -0.310. The molecule has 1 aromatic rings. The first-order valence-electron chi connectivity index (χ1n) is 2.96. The fourth-order valence-corrected chi connectivity index (χ4v) is 3.26. The molecule has 2 nitrogen and oxygen atoms in total. The summed E-state index contributed by atoms with van der Waals surface area (Å²) in [4.78, 5) is 0.543. The second-order valence-electron chi connectivity index (χ2n) is 2.04. The van der Waals surface area contributed by atoms with E-state index in [1.165, 1.54) is 17.4 Å². The summed E-state index contributed by atoms with van der Waals surface area (Å²) in [5, 5.41) is 0. The van der Waals surface area contributed by atoms with Gasteiger partial charge in [0.05, 0.1) is 4.90 Å². The van der Waals surface area contributed by atoms with Gasteiger partial charge in [0.25, 0.3) is 0 Å². The number of halogens is 1. The van der Waals surface area contributed by atoms with Crippen molar-refractivity contribution in [3.05, 3.63) is 24.0 Å². The first-order valence-corrected chi connectivity index (χ1v) is 5.71. The van der Waals surface area contributed by atoms with E-state index in [-0.39, 0.29) is 5.82 Å².